The summed E-state index contributed by atoms with van der Waals surface area (Å²) < 4.78 is 39.4. The minimum Gasteiger partial charge on any atom is -0.438 e. The molecule has 0 aliphatic rings. The van der Waals surface area contributed by atoms with Gasteiger partial charge in [-0.3, -0.25) is 18.7 Å². The molecule has 0 spiro atoms. The van der Waals surface area contributed by atoms with Crippen molar-refractivity contribution < 1.29 is 27.8 Å². The first-order valence-corrected chi connectivity index (χ1v) is 14.6. The zero-order valence-corrected chi connectivity index (χ0v) is 23.2. The number of rotatable bonds is 8. The Morgan fingerprint density at radius 1 is 1.22 bits per heavy atom. The molecule has 2 atom stereocenters. The predicted octanol–water partition coefficient (Wildman–Crippen LogP) is 7.65. The molecule has 0 saturated carbocycles. The summed E-state index contributed by atoms with van der Waals surface area (Å²) in [5, 5.41) is 5.31. The monoisotopic (exact) mass is 571 g/mol. The Labute approximate surface area is 222 Å². The lowest BCUT2D eigenvalue weighted by Gasteiger charge is -2.24. The van der Waals surface area contributed by atoms with E-state index in [-0.39, 0.29) is 10.6 Å². The maximum Gasteiger partial charge on any atom is 0.313 e. The van der Waals surface area contributed by atoms with Gasteiger partial charge in [-0.25, -0.2) is 4.39 Å². The molecule has 0 saturated heterocycles. The third-order valence-corrected chi connectivity index (χ3v) is 8.74. The molecule has 6 nitrogen and oxygen atoms in total. The van der Waals surface area contributed by atoms with Gasteiger partial charge < -0.3 is 10.1 Å². The average molecular weight is 572 g/mol. The largest absolute Gasteiger partial charge is 0.438 e. The number of nitrogens with one attached hydrogen (secondary N) is 1. The molecule has 192 valence electrons. The highest BCUT2D eigenvalue weighted by Gasteiger charge is 2.39. The Morgan fingerprint density at radius 2 is 1.94 bits per heavy atom. The van der Waals surface area contributed by atoms with E-state index >= 15 is 0 Å². The molecule has 0 bridgehead atoms. The zero-order valence-electron chi connectivity index (χ0n) is 20.0. The van der Waals surface area contributed by atoms with Crippen molar-refractivity contribution in [3.05, 3.63) is 75.0 Å². The summed E-state index contributed by atoms with van der Waals surface area (Å²) in [5.41, 5.74) is -1.42. The van der Waals surface area contributed by atoms with Gasteiger partial charge in [-0.05, 0) is 67.4 Å². The molecule has 3 aromatic rings. The van der Waals surface area contributed by atoms with Crippen LogP contribution in [0.15, 0.2) is 48.0 Å². The van der Waals surface area contributed by atoms with Crippen LogP contribution >= 0.6 is 41.9 Å². The van der Waals surface area contributed by atoms with E-state index in [4.69, 9.17) is 32.5 Å². The molecular weight excluding hydrogens is 547 g/mol. The highest BCUT2D eigenvalue weighted by Crippen LogP contribution is 2.59. The summed E-state index contributed by atoms with van der Waals surface area (Å²) in [6.45, 7) is 5.74. The van der Waals surface area contributed by atoms with Crippen LogP contribution in [-0.2, 0) is 23.4 Å². The molecule has 0 fully saturated rings. The number of benzene rings is 2. The molecule has 1 N–H and O–H groups in total. The lowest BCUT2D eigenvalue weighted by molar-refractivity contribution is -0.159. The van der Waals surface area contributed by atoms with E-state index in [0.717, 1.165) is 4.70 Å². The van der Waals surface area contributed by atoms with Crippen molar-refractivity contribution >= 4 is 69.9 Å². The number of amides is 1. The van der Waals surface area contributed by atoms with Gasteiger partial charge in [0, 0.05) is 28.2 Å². The van der Waals surface area contributed by atoms with E-state index in [1.54, 1.807) is 50.4 Å². The number of halogens is 3. The van der Waals surface area contributed by atoms with Crippen molar-refractivity contribution in [2.75, 3.05) is 13.5 Å². The summed E-state index contributed by atoms with van der Waals surface area (Å²) in [4.78, 5) is 25.4. The zero-order chi connectivity index (χ0) is 26.7. The second-order valence-corrected chi connectivity index (χ2v) is 13.4. The number of carbonyl (C=O) groups is 2. The number of ether oxygens (including phenoxy) is 1. The Kier molecular flexibility index (Phi) is 9.02. The maximum absolute atomic E-state index is 14.2. The van der Waals surface area contributed by atoms with Gasteiger partial charge in [0.25, 0.3) is 0 Å². The molecule has 1 amide bonds. The van der Waals surface area contributed by atoms with Gasteiger partial charge in [-0.1, -0.05) is 35.3 Å². The smallest absolute Gasteiger partial charge is 0.313 e. The molecule has 0 aliphatic carbocycles. The van der Waals surface area contributed by atoms with E-state index in [9.17, 15) is 18.5 Å². The molecule has 11 heteroatoms. The molecule has 1 aromatic heterocycles. The summed E-state index contributed by atoms with van der Waals surface area (Å²) in [6.07, 6.45) is 2.58. The molecule has 0 radical (unpaired) electrons. The van der Waals surface area contributed by atoms with Crippen molar-refractivity contribution in [3.8, 4) is 0 Å². The van der Waals surface area contributed by atoms with E-state index in [1.807, 2.05) is 0 Å². The molecule has 3 rings (SSSR count). The summed E-state index contributed by atoms with van der Waals surface area (Å²) in [6, 6.07) is 9.67. The van der Waals surface area contributed by atoms with Gasteiger partial charge in [0.2, 0.25) is 13.3 Å². The van der Waals surface area contributed by atoms with Crippen LogP contribution in [0.1, 0.15) is 37.6 Å². The van der Waals surface area contributed by atoms with E-state index in [2.05, 4.69) is 5.32 Å². The van der Waals surface area contributed by atoms with Gasteiger partial charge >= 0.3 is 5.97 Å². The third-order valence-electron chi connectivity index (χ3n) is 5.16. The fourth-order valence-corrected chi connectivity index (χ4v) is 6.31. The Hall–Kier alpha value is -2.22. The molecule has 2 aromatic carbocycles. The Bertz CT molecular complexity index is 1370. The predicted molar refractivity (Wildman–Crippen MR) is 143 cm³/mol. The average Bonchev–Trinajstić information content (AvgIpc) is 3.18. The van der Waals surface area contributed by atoms with Crippen LogP contribution in [0.25, 0.3) is 16.2 Å². The first-order chi connectivity index (χ1) is 16.8. The van der Waals surface area contributed by atoms with E-state index in [1.165, 1.54) is 42.4 Å². The molecule has 36 heavy (non-hydrogen) atoms. The Morgan fingerprint density at radius 3 is 2.64 bits per heavy atom. The van der Waals surface area contributed by atoms with Crippen molar-refractivity contribution in [1.82, 2.24) is 5.32 Å². The lowest BCUT2D eigenvalue weighted by Crippen LogP contribution is -2.27. The Balaban J connectivity index is 1.90. The number of thiophene rings is 1. The van der Waals surface area contributed by atoms with Gasteiger partial charge in [0.05, 0.1) is 10.4 Å². The number of fused-ring (bicyclic) bond motifs is 1. The van der Waals surface area contributed by atoms with Crippen LogP contribution in [0.5, 0.6) is 0 Å². The van der Waals surface area contributed by atoms with Gasteiger partial charge in [-0.15, -0.1) is 11.3 Å². The maximum atomic E-state index is 14.2. The topological polar surface area (TPSA) is 81.7 Å². The van der Waals surface area contributed by atoms with E-state index in [0.29, 0.717) is 16.0 Å². The number of esters is 1. The molecule has 1 heterocycles. The van der Waals surface area contributed by atoms with Crippen molar-refractivity contribution in [3.63, 3.8) is 0 Å². The normalized spacial score (nSPS) is 14.5. The van der Waals surface area contributed by atoms with Crippen molar-refractivity contribution in [2.45, 2.75) is 26.4 Å². The van der Waals surface area contributed by atoms with Crippen LogP contribution < -0.4 is 5.32 Å². The highest BCUT2D eigenvalue weighted by atomic mass is 35.5. The SMILES string of the molecule is CC(C)(C)C(=O)OCOP(C)(=O)C(C(=O)N/C=C/c1cccc(Cl)c1F)c1csc2ccc(Cl)cc12. The number of hydrogen-bond acceptors (Lipinski definition) is 6. The van der Waals surface area contributed by atoms with E-state index < -0.39 is 42.9 Å². The van der Waals surface area contributed by atoms with Crippen LogP contribution in [0.2, 0.25) is 10.0 Å². The number of carbonyl (C=O) groups excluding carboxylic acids is 2. The minimum absolute atomic E-state index is 0.0563. The van der Waals surface area contributed by atoms with Gasteiger partial charge in [0.15, 0.2) is 6.79 Å². The summed E-state index contributed by atoms with van der Waals surface area (Å²) in [5.74, 6) is -1.83. The quantitative estimate of drug-likeness (QED) is 0.170. The van der Waals surface area contributed by atoms with Gasteiger partial charge in [-0.2, -0.15) is 0 Å². The fourth-order valence-electron chi connectivity index (χ4n) is 3.26. The van der Waals surface area contributed by atoms with Crippen LogP contribution in [0.3, 0.4) is 0 Å². The van der Waals surface area contributed by atoms with Crippen LogP contribution in [0.4, 0.5) is 4.39 Å². The third kappa shape index (κ3) is 6.75. The molecular formula is C25H25Cl2FNO5PS. The lowest BCUT2D eigenvalue weighted by atomic mass is 9.98. The number of hydrogen-bond donors (Lipinski definition) is 1. The first-order valence-electron chi connectivity index (χ1n) is 10.8. The standard InChI is InChI=1S/C25H25Cl2FNO5PS/c1-25(2,3)24(31)33-14-34-35(4,32)22(18-13-36-20-9-8-16(26)12-17(18)20)23(30)29-11-10-15-6-5-7-19(27)21(15)28/h5-13,22H,14H2,1-4H3,(H,29,30)/b11-10+. The highest BCUT2D eigenvalue weighted by molar-refractivity contribution is 7.59. The molecule has 0 aliphatic heterocycles. The fraction of sp³-hybridized carbons (Fsp3) is 0.280. The van der Waals surface area contributed by atoms with Crippen LogP contribution in [-0.4, -0.2) is 25.3 Å². The second-order valence-electron chi connectivity index (χ2n) is 9.06. The van der Waals surface area contributed by atoms with Crippen LogP contribution in [0, 0.1) is 11.2 Å². The van der Waals surface area contributed by atoms with Crippen molar-refractivity contribution in [1.29, 1.82) is 0 Å². The van der Waals surface area contributed by atoms with Gasteiger partial charge in [0.1, 0.15) is 11.5 Å². The first kappa shape index (κ1) is 28.4. The molecule has 2 unspecified atom stereocenters. The van der Waals surface area contributed by atoms with Crippen molar-refractivity contribution in [2.24, 2.45) is 5.41 Å². The summed E-state index contributed by atoms with van der Waals surface area (Å²) >= 11 is 13.3. The minimum atomic E-state index is -3.76. The second kappa shape index (κ2) is 11.4. The summed E-state index contributed by atoms with van der Waals surface area (Å²) in [7, 11) is -3.76.